The third-order valence-corrected chi connectivity index (χ3v) is 4.15. The van der Waals surface area contributed by atoms with E-state index in [9.17, 15) is 13.2 Å². The Morgan fingerprint density at radius 2 is 1.93 bits per heavy atom. The van der Waals surface area contributed by atoms with E-state index in [1.54, 1.807) is 18.2 Å². The maximum atomic E-state index is 13.7. The number of aliphatic imine (C=N–C) groups is 1. The summed E-state index contributed by atoms with van der Waals surface area (Å²) in [5, 5.41) is 7.77. The molecule has 3 rings (SSSR count). The Labute approximate surface area is 169 Å². The molecule has 0 spiro atoms. The number of rotatable bonds is 7. The first-order valence-electron chi connectivity index (χ1n) is 8.75. The Bertz CT molecular complexity index is 1100. The molecule has 2 aromatic heterocycles. The van der Waals surface area contributed by atoms with Gasteiger partial charge in [-0.1, -0.05) is 12.1 Å². The molecule has 0 amide bonds. The summed E-state index contributed by atoms with van der Waals surface area (Å²) in [5.74, 6) is -1.29. The minimum Gasteiger partial charge on any atom is -0.404 e. The van der Waals surface area contributed by atoms with Crippen molar-refractivity contribution in [3.63, 3.8) is 0 Å². The number of alkyl halides is 2. The van der Waals surface area contributed by atoms with Gasteiger partial charge in [0.2, 0.25) is 0 Å². The molecule has 0 fully saturated rings. The van der Waals surface area contributed by atoms with Crippen LogP contribution in [0.15, 0.2) is 59.5 Å². The van der Waals surface area contributed by atoms with Crippen molar-refractivity contribution in [1.82, 2.24) is 15.0 Å². The van der Waals surface area contributed by atoms with Gasteiger partial charge >= 0.3 is 0 Å². The zero-order chi connectivity index (χ0) is 21.7. The molecule has 10 heteroatoms. The third-order valence-electron chi connectivity index (χ3n) is 4.15. The molecule has 0 saturated heterocycles. The highest BCUT2D eigenvalue weighted by molar-refractivity contribution is 6.00. The number of halogens is 3. The Morgan fingerprint density at radius 3 is 2.53 bits per heavy atom. The van der Waals surface area contributed by atoms with Crippen LogP contribution < -0.4 is 11.5 Å². The second-order valence-electron chi connectivity index (χ2n) is 6.26. The number of amidine groups is 1. The van der Waals surface area contributed by atoms with E-state index in [0.717, 1.165) is 0 Å². The van der Waals surface area contributed by atoms with Crippen LogP contribution in [0.2, 0.25) is 0 Å². The summed E-state index contributed by atoms with van der Waals surface area (Å²) in [6.45, 7) is 0. The number of nitrogen functional groups attached to an aromatic ring is 1. The van der Waals surface area contributed by atoms with E-state index in [-0.39, 0.29) is 17.9 Å². The number of benzene rings is 1. The molecule has 0 unspecified atom stereocenters. The van der Waals surface area contributed by atoms with Gasteiger partial charge in [-0.05, 0) is 30.0 Å². The highest BCUT2D eigenvalue weighted by Crippen LogP contribution is 2.26. The Balaban J connectivity index is 1.86. The number of nitrogens with zero attached hydrogens (tertiary/aromatic N) is 3. The van der Waals surface area contributed by atoms with Crippen LogP contribution in [0.1, 0.15) is 23.6 Å². The summed E-state index contributed by atoms with van der Waals surface area (Å²) in [4.78, 5) is 14.4. The third kappa shape index (κ3) is 4.72. The number of aromatic amines is 1. The molecule has 30 heavy (non-hydrogen) atoms. The van der Waals surface area contributed by atoms with Crippen molar-refractivity contribution in [1.29, 1.82) is 5.41 Å². The van der Waals surface area contributed by atoms with Crippen LogP contribution in [0, 0.1) is 11.2 Å². The second-order valence-corrected chi connectivity index (χ2v) is 6.26. The molecule has 1 aromatic carbocycles. The largest absolute Gasteiger partial charge is 0.404 e. The molecule has 0 aliphatic heterocycles. The lowest BCUT2D eigenvalue weighted by Crippen LogP contribution is -2.13. The first-order valence-corrected chi connectivity index (χ1v) is 8.75. The average molecular weight is 413 g/mol. The van der Waals surface area contributed by atoms with Gasteiger partial charge in [-0.3, -0.25) is 10.4 Å². The van der Waals surface area contributed by atoms with Crippen LogP contribution in [-0.4, -0.2) is 27.0 Å². The monoisotopic (exact) mass is 413 g/mol. The van der Waals surface area contributed by atoms with Crippen molar-refractivity contribution in [3.8, 4) is 11.1 Å². The van der Waals surface area contributed by atoms with Crippen molar-refractivity contribution in [3.05, 3.63) is 77.5 Å². The lowest BCUT2D eigenvalue weighted by Gasteiger charge is -2.03. The molecule has 0 atom stereocenters. The zero-order valence-corrected chi connectivity index (χ0v) is 15.6. The van der Waals surface area contributed by atoms with Crippen LogP contribution in [-0.2, 0) is 6.42 Å². The van der Waals surface area contributed by atoms with Crippen LogP contribution in [0.3, 0.4) is 0 Å². The van der Waals surface area contributed by atoms with E-state index in [0.29, 0.717) is 28.1 Å². The second kappa shape index (κ2) is 9.03. The fourth-order valence-electron chi connectivity index (χ4n) is 2.71. The normalized spacial score (nSPS) is 12.1. The van der Waals surface area contributed by atoms with Gasteiger partial charge in [-0.2, -0.15) is 0 Å². The first-order chi connectivity index (χ1) is 14.4. The zero-order valence-electron chi connectivity index (χ0n) is 15.6. The molecule has 6 N–H and O–H groups in total. The van der Waals surface area contributed by atoms with Gasteiger partial charge in [0.15, 0.2) is 5.82 Å². The van der Waals surface area contributed by atoms with E-state index in [1.807, 2.05) is 0 Å². The topological polar surface area (TPSA) is 130 Å². The Morgan fingerprint density at radius 1 is 1.23 bits per heavy atom. The Kier molecular flexibility index (Phi) is 6.26. The van der Waals surface area contributed by atoms with Crippen molar-refractivity contribution >= 4 is 17.7 Å². The number of nitrogens with one attached hydrogen (secondary N) is 2. The fourth-order valence-corrected chi connectivity index (χ4v) is 2.71. The maximum absolute atomic E-state index is 13.7. The predicted molar refractivity (Wildman–Crippen MR) is 108 cm³/mol. The molecule has 0 saturated carbocycles. The Hall–Kier alpha value is -3.95. The number of nitrogens with two attached hydrogens (primary N) is 2. The van der Waals surface area contributed by atoms with E-state index >= 15 is 0 Å². The van der Waals surface area contributed by atoms with E-state index in [1.165, 1.54) is 36.9 Å². The molecule has 3 aromatic rings. The summed E-state index contributed by atoms with van der Waals surface area (Å²) in [6, 6.07) is 7.76. The predicted octanol–water partition coefficient (Wildman–Crippen LogP) is 3.62. The first kappa shape index (κ1) is 20.8. The van der Waals surface area contributed by atoms with Crippen molar-refractivity contribution in [2.45, 2.75) is 12.8 Å². The summed E-state index contributed by atoms with van der Waals surface area (Å²) < 4.78 is 39.1. The molecule has 0 aliphatic rings. The summed E-state index contributed by atoms with van der Waals surface area (Å²) >= 11 is 0. The number of hydrogen-bond donors (Lipinski definition) is 4. The van der Waals surface area contributed by atoms with Crippen LogP contribution in [0.25, 0.3) is 11.1 Å². The smallest absolute Gasteiger partial charge is 0.297 e. The standard InChI is InChI=1S/C20H18F3N7/c21-15-3-1-2-4-16(15)27-8-11(7-24)5-13-6-14(17(30-13)19(25)26)12-9-28-20(18(22)23)29-10-12/h1-4,6-10,18,30H,5,24H2,(H3,25,26). The number of aromatic nitrogens is 3. The molecule has 154 valence electrons. The molecule has 0 aliphatic carbocycles. The number of hydrogen-bond acceptors (Lipinski definition) is 5. The van der Waals surface area contributed by atoms with Crippen LogP contribution in [0.4, 0.5) is 18.9 Å². The van der Waals surface area contributed by atoms with Crippen molar-refractivity contribution < 1.29 is 13.2 Å². The van der Waals surface area contributed by atoms with Crippen molar-refractivity contribution in [2.24, 2.45) is 16.5 Å². The SMILES string of the molecule is N=C(N)c1[nH]c(CC(C=Nc2ccccc2F)=CN)cc1-c1cnc(C(F)F)nc1. The van der Waals surface area contributed by atoms with Crippen molar-refractivity contribution in [2.75, 3.05) is 0 Å². The highest BCUT2D eigenvalue weighted by Gasteiger charge is 2.16. The highest BCUT2D eigenvalue weighted by atomic mass is 19.3. The lowest BCUT2D eigenvalue weighted by atomic mass is 10.1. The lowest BCUT2D eigenvalue weighted by molar-refractivity contribution is 0.140. The minimum absolute atomic E-state index is 0.171. The van der Waals surface area contributed by atoms with E-state index in [2.05, 4.69) is 19.9 Å². The van der Waals surface area contributed by atoms with Gasteiger partial charge in [0.25, 0.3) is 6.43 Å². The summed E-state index contributed by atoms with van der Waals surface area (Å²) in [7, 11) is 0. The molecular formula is C20H18F3N7. The summed E-state index contributed by atoms with van der Waals surface area (Å²) in [6.07, 6.45) is 2.76. The van der Waals surface area contributed by atoms with E-state index < -0.39 is 18.1 Å². The molecule has 0 bridgehead atoms. The van der Waals surface area contributed by atoms with Crippen LogP contribution in [0.5, 0.6) is 0 Å². The number of H-pyrrole nitrogens is 1. The maximum Gasteiger partial charge on any atom is 0.297 e. The number of para-hydroxylation sites is 1. The quantitative estimate of drug-likeness (QED) is 0.348. The molecular weight excluding hydrogens is 395 g/mol. The average Bonchev–Trinajstić information content (AvgIpc) is 3.16. The van der Waals surface area contributed by atoms with Gasteiger partial charge in [0.05, 0.1) is 11.4 Å². The van der Waals surface area contributed by atoms with Gasteiger partial charge in [-0.25, -0.2) is 23.1 Å². The summed E-state index contributed by atoms with van der Waals surface area (Å²) in [5.41, 5.74) is 13.9. The fraction of sp³-hybridized carbons (Fsp3) is 0.100. The number of allylic oxidation sites excluding steroid dienone is 1. The minimum atomic E-state index is -2.78. The molecule has 2 heterocycles. The van der Waals surface area contributed by atoms with Gasteiger partial charge in [0, 0.05) is 41.8 Å². The van der Waals surface area contributed by atoms with Gasteiger partial charge in [0.1, 0.15) is 11.7 Å². The van der Waals surface area contributed by atoms with Gasteiger partial charge in [-0.15, -0.1) is 0 Å². The van der Waals surface area contributed by atoms with Crippen LogP contribution >= 0.6 is 0 Å². The molecule has 0 radical (unpaired) electrons. The molecule has 7 nitrogen and oxygen atoms in total. The van der Waals surface area contributed by atoms with E-state index in [4.69, 9.17) is 16.9 Å². The van der Waals surface area contributed by atoms with Gasteiger partial charge < -0.3 is 16.5 Å².